The van der Waals surface area contributed by atoms with Crippen LogP contribution in [0.5, 0.6) is 0 Å². The van der Waals surface area contributed by atoms with Crippen LogP contribution in [0.4, 0.5) is 0 Å². The van der Waals surface area contributed by atoms with Crippen LogP contribution in [-0.2, 0) is 10.0 Å². The normalized spacial score (nSPS) is 24.1. The molecule has 1 fully saturated rings. The van der Waals surface area contributed by atoms with Gasteiger partial charge in [0.05, 0.1) is 11.5 Å². The summed E-state index contributed by atoms with van der Waals surface area (Å²) in [6.45, 7) is 0.314. The van der Waals surface area contributed by atoms with Crippen molar-refractivity contribution in [2.24, 2.45) is 0 Å². The number of hydrogen-bond donors (Lipinski definition) is 3. The zero-order valence-corrected chi connectivity index (χ0v) is 13.4. The number of rotatable bonds is 6. The van der Waals surface area contributed by atoms with E-state index in [9.17, 15) is 13.5 Å². The Morgan fingerprint density at radius 3 is 2.17 bits per heavy atom. The molecule has 0 radical (unpaired) electrons. The molecule has 3 rings (SSSR count). The molecule has 5 nitrogen and oxygen atoms in total. The Kier molecular flexibility index (Phi) is 4.77. The Morgan fingerprint density at radius 2 is 1.57 bits per heavy atom. The molecule has 1 aliphatic rings. The van der Waals surface area contributed by atoms with Crippen LogP contribution in [0.3, 0.4) is 0 Å². The van der Waals surface area contributed by atoms with Gasteiger partial charge in [-0.1, -0.05) is 48.5 Å². The minimum Gasteiger partial charge on any atom is -0.395 e. The number of aliphatic hydroxyl groups excluding tert-OH is 1. The van der Waals surface area contributed by atoms with Gasteiger partial charge < -0.3 is 10.4 Å². The monoisotopic (exact) mass is 332 g/mol. The van der Waals surface area contributed by atoms with Crippen LogP contribution < -0.4 is 10.0 Å². The number of benzene rings is 2. The van der Waals surface area contributed by atoms with Gasteiger partial charge in [-0.25, -0.2) is 13.1 Å². The van der Waals surface area contributed by atoms with E-state index in [1.807, 2.05) is 30.3 Å². The summed E-state index contributed by atoms with van der Waals surface area (Å²) < 4.78 is 27.2. The molecule has 1 aliphatic heterocycles. The highest BCUT2D eigenvalue weighted by atomic mass is 32.2. The van der Waals surface area contributed by atoms with Gasteiger partial charge in [0, 0.05) is 24.5 Å². The van der Waals surface area contributed by atoms with E-state index in [1.165, 1.54) is 0 Å². The van der Waals surface area contributed by atoms with Crippen LogP contribution in [0.2, 0.25) is 0 Å². The van der Waals surface area contributed by atoms with Crippen molar-refractivity contribution in [1.82, 2.24) is 10.0 Å². The highest BCUT2D eigenvalue weighted by molar-refractivity contribution is 7.89. The molecular formula is C17H20N2O3S. The standard InChI is InChI=1S/C17H20N2O3S/c20-12-16-17(13-7-3-1-4-8-13)15(19-16)11-18-23(21,22)14-9-5-2-6-10-14/h1-10,15-20H,11-12H2/t15-,16-,17-/m1/s1. The molecule has 122 valence electrons. The van der Waals surface area contributed by atoms with Crippen molar-refractivity contribution in [3.8, 4) is 0 Å². The average molecular weight is 332 g/mol. The highest BCUT2D eigenvalue weighted by Gasteiger charge is 2.41. The van der Waals surface area contributed by atoms with E-state index in [0.717, 1.165) is 5.56 Å². The molecule has 3 atom stereocenters. The minimum absolute atomic E-state index is 0.0293. The largest absolute Gasteiger partial charge is 0.395 e. The first kappa shape index (κ1) is 16.1. The molecule has 0 saturated carbocycles. The summed E-state index contributed by atoms with van der Waals surface area (Å²) in [6.07, 6.45) is 0. The zero-order valence-electron chi connectivity index (χ0n) is 12.6. The Morgan fingerprint density at radius 1 is 0.957 bits per heavy atom. The summed E-state index contributed by atoms with van der Waals surface area (Å²) in [4.78, 5) is 0.259. The lowest BCUT2D eigenvalue weighted by Crippen LogP contribution is -2.64. The van der Waals surface area contributed by atoms with E-state index in [4.69, 9.17) is 0 Å². The summed E-state index contributed by atoms with van der Waals surface area (Å²) in [7, 11) is -3.51. The van der Waals surface area contributed by atoms with Gasteiger partial charge in [-0.2, -0.15) is 0 Å². The van der Waals surface area contributed by atoms with Gasteiger partial charge in [0.2, 0.25) is 10.0 Å². The first-order valence-corrected chi connectivity index (χ1v) is 9.07. The predicted molar refractivity (Wildman–Crippen MR) is 88.6 cm³/mol. The molecule has 2 aromatic carbocycles. The number of nitrogens with one attached hydrogen (secondary N) is 2. The maximum absolute atomic E-state index is 12.3. The second-order valence-electron chi connectivity index (χ2n) is 5.66. The summed E-state index contributed by atoms with van der Waals surface area (Å²) >= 11 is 0. The molecule has 3 N–H and O–H groups in total. The zero-order chi connectivity index (χ0) is 16.3. The van der Waals surface area contributed by atoms with Crippen molar-refractivity contribution in [2.75, 3.05) is 13.2 Å². The van der Waals surface area contributed by atoms with Gasteiger partial charge in [0.15, 0.2) is 0 Å². The van der Waals surface area contributed by atoms with Crippen LogP contribution in [-0.4, -0.2) is 38.8 Å². The molecule has 23 heavy (non-hydrogen) atoms. The number of sulfonamides is 1. The lowest BCUT2D eigenvalue weighted by Gasteiger charge is -2.46. The van der Waals surface area contributed by atoms with Crippen molar-refractivity contribution < 1.29 is 13.5 Å². The van der Waals surface area contributed by atoms with E-state index >= 15 is 0 Å². The predicted octanol–water partition coefficient (Wildman–Crippen LogP) is 1.08. The van der Waals surface area contributed by atoms with Gasteiger partial charge in [-0.15, -0.1) is 0 Å². The van der Waals surface area contributed by atoms with Crippen molar-refractivity contribution in [2.45, 2.75) is 22.9 Å². The van der Waals surface area contributed by atoms with E-state index in [2.05, 4.69) is 10.0 Å². The van der Waals surface area contributed by atoms with Crippen LogP contribution in [0.25, 0.3) is 0 Å². The van der Waals surface area contributed by atoms with Gasteiger partial charge in [0.1, 0.15) is 0 Å². The molecular weight excluding hydrogens is 312 g/mol. The quantitative estimate of drug-likeness (QED) is 0.740. The van der Waals surface area contributed by atoms with E-state index in [-0.39, 0.29) is 36.0 Å². The lowest BCUT2D eigenvalue weighted by molar-refractivity contribution is 0.129. The fourth-order valence-electron chi connectivity index (χ4n) is 3.02. The summed E-state index contributed by atoms with van der Waals surface area (Å²) in [6, 6.07) is 18.1. The van der Waals surface area contributed by atoms with Crippen molar-refractivity contribution in [1.29, 1.82) is 0 Å². The van der Waals surface area contributed by atoms with E-state index in [0.29, 0.717) is 0 Å². The molecule has 0 unspecified atom stereocenters. The topological polar surface area (TPSA) is 78.4 Å². The third kappa shape index (κ3) is 3.45. The summed E-state index contributed by atoms with van der Waals surface area (Å²) in [5.74, 6) is 0.0969. The Labute approximate surface area is 136 Å². The molecule has 0 amide bonds. The average Bonchev–Trinajstić information content (AvgIpc) is 2.56. The van der Waals surface area contributed by atoms with Crippen LogP contribution in [0, 0.1) is 0 Å². The van der Waals surface area contributed by atoms with Crippen molar-refractivity contribution in [3.63, 3.8) is 0 Å². The van der Waals surface area contributed by atoms with Crippen molar-refractivity contribution >= 4 is 10.0 Å². The Hall–Kier alpha value is -1.73. The third-order valence-electron chi connectivity index (χ3n) is 4.22. The highest BCUT2D eigenvalue weighted by Crippen LogP contribution is 2.31. The van der Waals surface area contributed by atoms with Gasteiger partial charge in [0.25, 0.3) is 0 Å². The van der Waals surface area contributed by atoms with Gasteiger partial charge in [-0.05, 0) is 17.7 Å². The summed E-state index contributed by atoms with van der Waals surface area (Å²) in [5.41, 5.74) is 1.11. The molecule has 0 bridgehead atoms. The van der Waals surface area contributed by atoms with E-state index in [1.54, 1.807) is 30.3 Å². The summed E-state index contributed by atoms with van der Waals surface area (Å²) in [5, 5.41) is 12.7. The molecule has 0 aromatic heterocycles. The molecule has 0 aliphatic carbocycles. The molecule has 6 heteroatoms. The molecule has 2 aromatic rings. The second-order valence-corrected chi connectivity index (χ2v) is 7.43. The molecule has 1 saturated heterocycles. The van der Waals surface area contributed by atoms with Gasteiger partial charge in [-0.3, -0.25) is 0 Å². The van der Waals surface area contributed by atoms with Crippen LogP contribution in [0.1, 0.15) is 11.5 Å². The number of aliphatic hydroxyl groups is 1. The molecule has 0 spiro atoms. The SMILES string of the molecule is O=S(=O)(NC[C@H]1N[C@H](CO)[C@@H]1c1ccccc1)c1ccccc1. The third-order valence-corrected chi connectivity index (χ3v) is 5.66. The maximum atomic E-state index is 12.3. The first-order valence-electron chi connectivity index (χ1n) is 7.58. The van der Waals surface area contributed by atoms with Crippen molar-refractivity contribution in [3.05, 3.63) is 66.2 Å². The Balaban J connectivity index is 1.69. The molecule has 1 heterocycles. The lowest BCUT2D eigenvalue weighted by atomic mass is 9.78. The second kappa shape index (κ2) is 6.80. The number of hydrogen-bond acceptors (Lipinski definition) is 4. The van der Waals surface area contributed by atoms with Gasteiger partial charge >= 0.3 is 0 Å². The fraction of sp³-hybridized carbons (Fsp3) is 0.294. The van der Waals surface area contributed by atoms with Crippen LogP contribution in [0.15, 0.2) is 65.6 Å². The maximum Gasteiger partial charge on any atom is 0.240 e. The van der Waals surface area contributed by atoms with Crippen LogP contribution >= 0.6 is 0 Å². The Bertz CT molecular complexity index is 735. The smallest absolute Gasteiger partial charge is 0.240 e. The van der Waals surface area contributed by atoms with E-state index < -0.39 is 10.0 Å². The fourth-order valence-corrected chi connectivity index (χ4v) is 4.10. The first-order chi connectivity index (χ1) is 11.1. The minimum atomic E-state index is -3.51.